The molecule has 1 saturated heterocycles. The molecule has 1 N–H and O–H groups in total. The van der Waals surface area contributed by atoms with Gasteiger partial charge in [-0.15, -0.1) is 0 Å². The Balaban J connectivity index is 1.98. The molecule has 2 aromatic rings. The van der Waals surface area contributed by atoms with Crippen LogP contribution in [0.15, 0.2) is 46.3 Å². The van der Waals surface area contributed by atoms with Gasteiger partial charge >= 0.3 is 0 Å². The van der Waals surface area contributed by atoms with E-state index in [9.17, 15) is 14.3 Å². The fourth-order valence-electron chi connectivity index (χ4n) is 2.33. The number of aliphatic imine (C=N–C) groups is 1. The number of phenols is 1. The number of benzene rings is 2. The SMILES string of the molecule is CCN1C(=O)/C(=C\c2cc(Cl)cc(Cl)c2O)SC1=Nc1ccc(F)cc1. The highest BCUT2D eigenvalue weighted by Gasteiger charge is 2.32. The van der Waals surface area contributed by atoms with E-state index in [0.29, 0.717) is 32.9 Å². The highest BCUT2D eigenvalue weighted by molar-refractivity contribution is 8.18. The van der Waals surface area contributed by atoms with Gasteiger partial charge in [0, 0.05) is 17.1 Å². The van der Waals surface area contributed by atoms with Gasteiger partial charge in [-0.3, -0.25) is 9.69 Å². The third-order valence-electron chi connectivity index (χ3n) is 3.60. The number of hydrogen-bond donors (Lipinski definition) is 1. The second-order valence-electron chi connectivity index (χ2n) is 5.36. The summed E-state index contributed by atoms with van der Waals surface area (Å²) in [5.74, 6) is -0.747. The molecule has 0 aliphatic carbocycles. The van der Waals surface area contributed by atoms with Crippen LogP contribution in [0.4, 0.5) is 10.1 Å². The van der Waals surface area contributed by atoms with Gasteiger partial charge in [0.1, 0.15) is 11.6 Å². The molecule has 4 nitrogen and oxygen atoms in total. The minimum absolute atomic E-state index is 0.104. The first-order chi connectivity index (χ1) is 12.4. The van der Waals surface area contributed by atoms with Crippen LogP contribution in [-0.4, -0.2) is 27.6 Å². The van der Waals surface area contributed by atoms with Gasteiger partial charge in [-0.2, -0.15) is 0 Å². The van der Waals surface area contributed by atoms with Crippen LogP contribution in [0.3, 0.4) is 0 Å². The molecule has 0 aromatic heterocycles. The average molecular weight is 411 g/mol. The van der Waals surface area contributed by atoms with Gasteiger partial charge in [-0.1, -0.05) is 23.2 Å². The standard InChI is InChI=1S/C18H13Cl2FN2O2S/c1-2-23-17(25)15(8-10-7-11(19)9-14(20)16(10)24)26-18(23)22-13-5-3-12(21)4-6-13/h3-9,24H,2H2,1H3/b15-8+,22-18?. The van der Waals surface area contributed by atoms with Gasteiger partial charge in [0.15, 0.2) is 5.17 Å². The molecule has 1 fully saturated rings. The Bertz CT molecular complexity index is 930. The smallest absolute Gasteiger partial charge is 0.266 e. The molecule has 8 heteroatoms. The lowest BCUT2D eigenvalue weighted by Gasteiger charge is -2.11. The minimum Gasteiger partial charge on any atom is -0.506 e. The van der Waals surface area contributed by atoms with Crippen LogP contribution in [0.25, 0.3) is 6.08 Å². The van der Waals surface area contributed by atoms with Crippen molar-refractivity contribution < 1.29 is 14.3 Å². The van der Waals surface area contributed by atoms with E-state index in [1.165, 1.54) is 47.4 Å². The van der Waals surface area contributed by atoms with Gasteiger partial charge < -0.3 is 5.11 Å². The molecule has 134 valence electrons. The molecule has 2 aromatic carbocycles. The summed E-state index contributed by atoms with van der Waals surface area (Å²) in [6, 6.07) is 8.62. The molecular weight excluding hydrogens is 398 g/mol. The Morgan fingerprint density at radius 2 is 1.96 bits per heavy atom. The van der Waals surface area contributed by atoms with E-state index in [1.54, 1.807) is 0 Å². The van der Waals surface area contributed by atoms with Crippen molar-refractivity contribution >= 4 is 57.8 Å². The molecular formula is C18H13Cl2FN2O2S. The number of rotatable bonds is 3. The first kappa shape index (κ1) is 18.8. The Hall–Kier alpha value is -2.02. The molecule has 0 unspecified atom stereocenters. The number of amides is 1. The van der Waals surface area contributed by atoms with Crippen LogP contribution >= 0.6 is 35.0 Å². The second kappa shape index (κ2) is 7.70. The van der Waals surface area contributed by atoms with Crippen molar-refractivity contribution in [2.45, 2.75) is 6.92 Å². The first-order valence-corrected chi connectivity index (χ1v) is 9.20. The largest absolute Gasteiger partial charge is 0.506 e. The maximum atomic E-state index is 13.0. The van der Waals surface area contributed by atoms with Crippen molar-refractivity contribution in [2.24, 2.45) is 4.99 Å². The van der Waals surface area contributed by atoms with E-state index in [4.69, 9.17) is 23.2 Å². The normalized spacial score (nSPS) is 17.5. The van der Waals surface area contributed by atoms with Crippen molar-refractivity contribution in [2.75, 3.05) is 6.54 Å². The lowest BCUT2D eigenvalue weighted by atomic mass is 10.2. The average Bonchev–Trinajstić information content (AvgIpc) is 2.89. The number of likely N-dealkylation sites (N-methyl/N-ethyl adjacent to an activating group) is 1. The van der Waals surface area contributed by atoms with Gasteiger partial charge in [0.2, 0.25) is 0 Å². The van der Waals surface area contributed by atoms with Crippen molar-refractivity contribution in [3.63, 3.8) is 0 Å². The summed E-state index contributed by atoms with van der Waals surface area (Å²) < 4.78 is 13.0. The molecule has 26 heavy (non-hydrogen) atoms. The van der Waals surface area contributed by atoms with Crippen LogP contribution in [0.1, 0.15) is 12.5 Å². The zero-order chi connectivity index (χ0) is 18.8. The summed E-state index contributed by atoms with van der Waals surface area (Å²) in [6.45, 7) is 2.25. The van der Waals surface area contributed by atoms with E-state index in [-0.39, 0.29) is 22.5 Å². The molecule has 1 aliphatic heterocycles. The molecule has 3 rings (SSSR count). The number of thioether (sulfide) groups is 1. The van der Waals surface area contributed by atoms with Gasteiger partial charge in [-0.25, -0.2) is 9.38 Å². The zero-order valence-electron chi connectivity index (χ0n) is 13.5. The predicted octanol–water partition coefficient (Wildman–Crippen LogP) is 5.46. The number of carbonyl (C=O) groups excluding carboxylic acids is 1. The van der Waals surface area contributed by atoms with Gasteiger partial charge in [0.05, 0.1) is 15.6 Å². The molecule has 0 saturated carbocycles. The van der Waals surface area contributed by atoms with E-state index < -0.39 is 0 Å². The van der Waals surface area contributed by atoms with Crippen LogP contribution in [0.2, 0.25) is 10.0 Å². The summed E-state index contributed by atoms with van der Waals surface area (Å²) in [6.07, 6.45) is 1.52. The second-order valence-corrected chi connectivity index (χ2v) is 7.21. The van der Waals surface area contributed by atoms with Gasteiger partial charge in [0.25, 0.3) is 5.91 Å². The van der Waals surface area contributed by atoms with Crippen LogP contribution in [-0.2, 0) is 4.79 Å². The number of nitrogens with zero attached hydrogens (tertiary/aromatic N) is 2. The molecule has 1 amide bonds. The van der Waals surface area contributed by atoms with Crippen LogP contribution in [0.5, 0.6) is 5.75 Å². The molecule has 0 spiro atoms. The molecule has 1 heterocycles. The van der Waals surface area contributed by atoms with Crippen molar-refractivity contribution in [3.05, 3.63) is 62.7 Å². The Morgan fingerprint density at radius 1 is 1.27 bits per heavy atom. The summed E-state index contributed by atoms with van der Waals surface area (Å²) >= 11 is 13.1. The quantitative estimate of drug-likeness (QED) is 0.683. The number of aromatic hydroxyl groups is 1. The fourth-order valence-corrected chi connectivity index (χ4v) is 3.90. The lowest BCUT2D eigenvalue weighted by molar-refractivity contribution is -0.122. The third kappa shape index (κ3) is 3.87. The zero-order valence-corrected chi connectivity index (χ0v) is 15.9. The van der Waals surface area contributed by atoms with Gasteiger partial charge in [-0.05, 0) is 61.2 Å². The predicted molar refractivity (Wildman–Crippen MR) is 105 cm³/mol. The topological polar surface area (TPSA) is 52.9 Å². The molecule has 1 aliphatic rings. The fraction of sp³-hybridized carbons (Fsp3) is 0.111. The Morgan fingerprint density at radius 3 is 2.62 bits per heavy atom. The highest BCUT2D eigenvalue weighted by atomic mass is 35.5. The van der Waals surface area contributed by atoms with E-state index in [0.717, 1.165) is 11.8 Å². The maximum Gasteiger partial charge on any atom is 0.266 e. The third-order valence-corrected chi connectivity index (χ3v) is 5.11. The summed E-state index contributed by atoms with van der Waals surface area (Å²) in [4.78, 5) is 18.9. The maximum absolute atomic E-state index is 13.0. The van der Waals surface area contributed by atoms with E-state index in [2.05, 4.69) is 4.99 Å². The summed E-state index contributed by atoms with van der Waals surface area (Å²) in [7, 11) is 0. The number of amidine groups is 1. The van der Waals surface area contributed by atoms with Crippen molar-refractivity contribution in [1.82, 2.24) is 4.90 Å². The van der Waals surface area contributed by atoms with Crippen molar-refractivity contribution in [1.29, 1.82) is 0 Å². The van der Waals surface area contributed by atoms with Crippen molar-refractivity contribution in [3.8, 4) is 5.75 Å². The number of phenolic OH excluding ortho intramolecular Hbond substituents is 1. The van der Waals surface area contributed by atoms with Crippen LogP contribution in [0, 0.1) is 5.82 Å². The lowest BCUT2D eigenvalue weighted by Crippen LogP contribution is -2.28. The monoisotopic (exact) mass is 410 g/mol. The summed E-state index contributed by atoms with van der Waals surface area (Å²) in [5, 5.41) is 11.0. The molecule has 0 atom stereocenters. The number of halogens is 3. The minimum atomic E-state index is -0.356. The number of hydrogen-bond acceptors (Lipinski definition) is 4. The Kier molecular flexibility index (Phi) is 5.55. The van der Waals surface area contributed by atoms with E-state index in [1.807, 2.05) is 6.92 Å². The highest BCUT2D eigenvalue weighted by Crippen LogP contribution is 2.38. The summed E-state index contributed by atoms with van der Waals surface area (Å²) in [5.41, 5.74) is 0.882. The Labute approximate surface area is 163 Å². The van der Waals surface area contributed by atoms with E-state index >= 15 is 0 Å². The molecule has 0 radical (unpaired) electrons. The van der Waals surface area contributed by atoms with Crippen LogP contribution < -0.4 is 0 Å². The number of carbonyl (C=O) groups is 1. The molecule has 0 bridgehead atoms. The first-order valence-electron chi connectivity index (χ1n) is 7.62.